The van der Waals surface area contributed by atoms with E-state index in [4.69, 9.17) is 9.97 Å². The highest BCUT2D eigenvalue weighted by molar-refractivity contribution is 7.80. The molecule has 0 aliphatic heterocycles. The Balaban J connectivity index is 1.47. The van der Waals surface area contributed by atoms with E-state index in [2.05, 4.69) is 171 Å². The van der Waals surface area contributed by atoms with Gasteiger partial charge in [0, 0.05) is 25.2 Å². The molecule has 7 aromatic rings. The van der Waals surface area contributed by atoms with Gasteiger partial charge in [0.1, 0.15) is 5.75 Å². The summed E-state index contributed by atoms with van der Waals surface area (Å²) >= 11 is 0. The van der Waals surface area contributed by atoms with E-state index >= 15 is 0 Å². The van der Waals surface area contributed by atoms with Crippen LogP contribution in [0, 0.1) is 0 Å². The van der Waals surface area contributed by atoms with Gasteiger partial charge in [-0.05, 0) is 109 Å². The van der Waals surface area contributed by atoms with Gasteiger partial charge in [0.25, 0.3) is 0 Å². The smallest absolute Gasteiger partial charge is 0.124 e. The van der Waals surface area contributed by atoms with Crippen molar-refractivity contribution in [3.8, 4) is 50.5 Å². The average molecular weight is 739 g/mol. The van der Waals surface area contributed by atoms with Crippen LogP contribution in [0.1, 0.15) is 78.0 Å². The molecule has 276 valence electrons. The third-order valence-corrected chi connectivity index (χ3v) is 12.7. The van der Waals surface area contributed by atoms with Crippen LogP contribution < -0.4 is 16.0 Å². The Bertz CT molecular complexity index is 2410. The first-order chi connectivity index (χ1) is 26.3. The molecule has 1 unspecified atom stereocenters. The predicted octanol–water partition coefficient (Wildman–Crippen LogP) is 12.3. The second-order valence-corrected chi connectivity index (χ2v) is 18.9. The largest absolute Gasteiger partial charge is 0.507 e. The molecule has 0 fully saturated rings. The Labute approximate surface area is 329 Å². The Morgan fingerprint density at radius 1 is 0.527 bits per heavy atom. The van der Waals surface area contributed by atoms with Gasteiger partial charge in [-0.2, -0.15) is 0 Å². The minimum atomic E-state index is -1.07. The van der Waals surface area contributed by atoms with Gasteiger partial charge in [0.2, 0.25) is 0 Å². The summed E-state index contributed by atoms with van der Waals surface area (Å²) in [5, 5.41) is 13.6. The van der Waals surface area contributed by atoms with Crippen LogP contribution in [0.2, 0.25) is 0 Å². The van der Waals surface area contributed by atoms with E-state index in [9.17, 15) is 5.11 Å². The first-order valence-electron chi connectivity index (χ1n) is 19.2. The molecule has 1 atom stereocenters. The van der Waals surface area contributed by atoms with E-state index in [-0.39, 0.29) is 16.6 Å². The Morgan fingerprint density at radius 3 is 1.78 bits per heavy atom. The third-order valence-electron chi connectivity index (χ3n) is 10.3. The molecule has 3 nitrogen and oxygen atoms in total. The van der Waals surface area contributed by atoms with Gasteiger partial charge in [-0.3, -0.25) is 4.98 Å². The summed E-state index contributed by atoms with van der Waals surface area (Å²) < 4.78 is 0. The second kappa shape index (κ2) is 15.4. The zero-order chi connectivity index (χ0) is 38.9. The van der Waals surface area contributed by atoms with Crippen molar-refractivity contribution in [2.75, 3.05) is 0 Å². The first kappa shape index (κ1) is 37.9. The van der Waals surface area contributed by atoms with E-state index in [1.165, 1.54) is 38.4 Å². The van der Waals surface area contributed by atoms with E-state index in [1.807, 2.05) is 30.5 Å². The van der Waals surface area contributed by atoms with Crippen LogP contribution in [-0.2, 0) is 10.8 Å². The Kier molecular flexibility index (Phi) is 10.6. The number of aromatic hydroxyl groups is 1. The summed E-state index contributed by atoms with van der Waals surface area (Å²) in [5.41, 5.74) is 12.9. The molecule has 4 heteroatoms. The fourth-order valence-electron chi connectivity index (χ4n) is 7.13. The lowest BCUT2D eigenvalue weighted by Crippen LogP contribution is -2.27. The fourth-order valence-corrected chi connectivity index (χ4v) is 9.84. The molecule has 7 rings (SSSR count). The van der Waals surface area contributed by atoms with Gasteiger partial charge >= 0.3 is 0 Å². The molecule has 2 heterocycles. The number of nitrogens with zero attached hydrogens (tertiary/aromatic N) is 2. The molecule has 2 aromatic heterocycles. The number of aromatic nitrogens is 2. The van der Waals surface area contributed by atoms with Crippen molar-refractivity contribution in [3.05, 3.63) is 168 Å². The third kappa shape index (κ3) is 8.19. The van der Waals surface area contributed by atoms with Crippen molar-refractivity contribution >= 4 is 24.0 Å². The monoisotopic (exact) mass is 738 g/mol. The molecular weight excluding hydrogens is 688 g/mol. The van der Waals surface area contributed by atoms with Gasteiger partial charge < -0.3 is 5.11 Å². The number of hydrogen-bond donors (Lipinski definition) is 1. The fraction of sp³-hybridized carbons (Fsp3) is 0.216. The SMILES string of the molecule is CC(C)c1cccc(-c2ccccc2)c1P(c1cccc(-c2cc(-c3cc(C(C)(C)C)cc(C(C)(C)C)c3)cc(-c3ccccc3O)n2)c1)c1ccccn1. The van der Waals surface area contributed by atoms with Gasteiger partial charge in [0.15, 0.2) is 0 Å². The zero-order valence-corrected chi connectivity index (χ0v) is 34.2. The molecule has 0 amide bonds. The van der Waals surface area contributed by atoms with E-state index in [0.717, 1.165) is 33.5 Å². The molecule has 0 aliphatic rings. The summed E-state index contributed by atoms with van der Waals surface area (Å²) in [4.78, 5) is 10.3. The molecule has 1 N–H and O–H groups in total. The summed E-state index contributed by atoms with van der Waals surface area (Å²) in [6.07, 6.45) is 1.91. The summed E-state index contributed by atoms with van der Waals surface area (Å²) in [6, 6.07) is 51.5. The quantitative estimate of drug-likeness (QED) is 0.158. The number of para-hydroxylation sites is 1. The topological polar surface area (TPSA) is 46.0 Å². The minimum absolute atomic E-state index is 0.0335. The maximum atomic E-state index is 11.1. The molecule has 0 spiro atoms. The second-order valence-electron chi connectivity index (χ2n) is 16.8. The van der Waals surface area contributed by atoms with Crippen molar-refractivity contribution in [1.82, 2.24) is 9.97 Å². The standard InChI is InChI=1S/C51H51N2OP/c1-34(2)42-23-17-24-43(35-18-10-9-11-19-35)49(42)55(48-26-14-15-27-52-48)41-21-16-20-36(30-41)45-31-38(32-46(53-45)44-22-12-13-25-47(44)54)37-28-39(50(3,4)5)33-40(29-37)51(6,7)8/h9-34,54H,1-8H3. The van der Waals surface area contributed by atoms with E-state index in [1.54, 1.807) is 6.07 Å². The summed E-state index contributed by atoms with van der Waals surface area (Å²) in [6.45, 7) is 18.2. The summed E-state index contributed by atoms with van der Waals surface area (Å²) in [5.74, 6) is 0.528. The number of benzene rings is 5. The number of phenols is 1. The number of phenolic OH excluding ortho intramolecular Hbond substituents is 1. The maximum absolute atomic E-state index is 11.1. The van der Waals surface area contributed by atoms with Crippen LogP contribution >= 0.6 is 7.92 Å². The van der Waals surface area contributed by atoms with Gasteiger partial charge in [-0.15, -0.1) is 0 Å². The van der Waals surface area contributed by atoms with Crippen molar-refractivity contribution in [3.63, 3.8) is 0 Å². The highest BCUT2D eigenvalue weighted by Crippen LogP contribution is 2.42. The van der Waals surface area contributed by atoms with Crippen molar-refractivity contribution in [1.29, 1.82) is 0 Å². The van der Waals surface area contributed by atoms with E-state index in [0.29, 0.717) is 11.5 Å². The molecular formula is C51H51N2OP. The Morgan fingerprint density at radius 2 is 1.13 bits per heavy atom. The highest BCUT2D eigenvalue weighted by Gasteiger charge is 2.27. The molecule has 0 radical (unpaired) electrons. The highest BCUT2D eigenvalue weighted by atomic mass is 31.1. The number of rotatable bonds is 8. The van der Waals surface area contributed by atoms with Gasteiger partial charge in [0.05, 0.1) is 16.8 Å². The molecule has 0 aliphatic carbocycles. The van der Waals surface area contributed by atoms with Crippen LogP contribution in [-0.4, -0.2) is 15.1 Å². The lowest BCUT2D eigenvalue weighted by atomic mass is 9.79. The van der Waals surface area contributed by atoms with E-state index < -0.39 is 7.92 Å². The number of pyridine rings is 2. The lowest BCUT2D eigenvalue weighted by Gasteiger charge is -2.27. The normalized spacial score (nSPS) is 12.5. The average Bonchev–Trinajstić information content (AvgIpc) is 3.18. The van der Waals surface area contributed by atoms with Crippen molar-refractivity contribution in [2.45, 2.75) is 72.1 Å². The zero-order valence-electron chi connectivity index (χ0n) is 33.3. The predicted molar refractivity (Wildman–Crippen MR) is 236 cm³/mol. The molecule has 0 saturated carbocycles. The maximum Gasteiger partial charge on any atom is 0.124 e. The van der Waals surface area contributed by atoms with Crippen LogP contribution in [0.4, 0.5) is 0 Å². The van der Waals surface area contributed by atoms with Gasteiger partial charge in [-0.1, -0.05) is 159 Å². The van der Waals surface area contributed by atoms with Crippen LogP contribution in [0.5, 0.6) is 5.75 Å². The minimum Gasteiger partial charge on any atom is -0.507 e. The molecule has 5 aromatic carbocycles. The van der Waals surface area contributed by atoms with Crippen LogP contribution in [0.3, 0.4) is 0 Å². The first-order valence-corrected chi connectivity index (χ1v) is 20.6. The van der Waals surface area contributed by atoms with Crippen LogP contribution in [0.15, 0.2) is 152 Å². The van der Waals surface area contributed by atoms with Gasteiger partial charge in [-0.25, -0.2) is 4.98 Å². The van der Waals surface area contributed by atoms with Crippen LogP contribution in [0.25, 0.3) is 44.8 Å². The lowest BCUT2D eigenvalue weighted by molar-refractivity contribution is 0.477. The summed E-state index contributed by atoms with van der Waals surface area (Å²) in [7, 11) is -1.07. The number of hydrogen-bond acceptors (Lipinski definition) is 3. The molecule has 55 heavy (non-hydrogen) atoms. The van der Waals surface area contributed by atoms with Crippen molar-refractivity contribution < 1.29 is 5.11 Å². The Hall–Kier alpha value is -5.37. The molecule has 0 saturated heterocycles. The van der Waals surface area contributed by atoms with Crippen molar-refractivity contribution in [2.24, 2.45) is 0 Å². The molecule has 0 bridgehead atoms.